The highest BCUT2D eigenvalue weighted by atomic mass is 19.1. The van der Waals surface area contributed by atoms with Crippen LogP contribution < -0.4 is 0 Å². The zero-order valence-corrected chi connectivity index (χ0v) is 22.9. The third-order valence-electron chi connectivity index (χ3n) is 8.78. The largest absolute Gasteiger partial charge is 0.456 e. The van der Waals surface area contributed by atoms with E-state index in [1.54, 1.807) is 0 Å². The third kappa shape index (κ3) is 3.36. The molecule has 9 aromatic rings. The number of fused-ring (bicyclic) bond motifs is 7. The summed E-state index contributed by atoms with van der Waals surface area (Å²) in [6.07, 6.45) is 0. The van der Waals surface area contributed by atoms with Gasteiger partial charge in [-0.25, -0.2) is 8.78 Å². The predicted molar refractivity (Wildman–Crippen MR) is 175 cm³/mol. The van der Waals surface area contributed by atoms with Crippen LogP contribution in [0.15, 0.2) is 138 Å². The van der Waals surface area contributed by atoms with Crippen molar-refractivity contribution < 1.29 is 13.2 Å². The number of hydrogen-bond donors (Lipinski definition) is 0. The molecule has 202 valence electrons. The van der Waals surface area contributed by atoms with E-state index < -0.39 is 0 Å². The van der Waals surface area contributed by atoms with Gasteiger partial charge in [0.2, 0.25) is 0 Å². The Morgan fingerprint density at radius 2 is 0.837 bits per heavy atom. The zero-order valence-electron chi connectivity index (χ0n) is 22.9. The first kappa shape index (κ1) is 24.1. The van der Waals surface area contributed by atoms with Gasteiger partial charge >= 0.3 is 0 Å². The molecule has 1 nitrogen and oxygen atoms in total. The first-order chi connectivity index (χ1) is 21.2. The lowest BCUT2D eigenvalue weighted by Gasteiger charge is -2.15. The van der Waals surface area contributed by atoms with Gasteiger partial charge in [-0.1, -0.05) is 115 Å². The summed E-state index contributed by atoms with van der Waals surface area (Å²) in [5, 5.41) is 7.73. The lowest BCUT2D eigenvalue weighted by molar-refractivity contribution is 0.651. The van der Waals surface area contributed by atoms with Crippen molar-refractivity contribution in [3.05, 3.63) is 145 Å². The molecule has 0 fully saturated rings. The molecule has 1 heterocycles. The second-order valence-corrected chi connectivity index (χ2v) is 11.1. The van der Waals surface area contributed by atoms with Crippen LogP contribution in [0, 0.1) is 11.6 Å². The van der Waals surface area contributed by atoms with Gasteiger partial charge in [0.1, 0.15) is 22.8 Å². The second-order valence-electron chi connectivity index (χ2n) is 11.1. The van der Waals surface area contributed by atoms with Gasteiger partial charge in [-0.3, -0.25) is 0 Å². The van der Waals surface area contributed by atoms with Gasteiger partial charge in [-0.05, 0) is 62.0 Å². The molecular formula is C40H22F2O. The van der Waals surface area contributed by atoms with Crippen molar-refractivity contribution in [3.63, 3.8) is 0 Å². The molecule has 3 heteroatoms. The second kappa shape index (κ2) is 8.98. The SMILES string of the molecule is Fc1c2ccccc2c(-c2ccc3oc4cccc(-c5c6ccccc6c(F)c6ccccc56)c4c3c2)c2ccccc12. The van der Waals surface area contributed by atoms with Crippen molar-refractivity contribution in [3.8, 4) is 22.3 Å². The maximum atomic E-state index is 15.7. The van der Waals surface area contributed by atoms with Gasteiger partial charge < -0.3 is 4.42 Å². The van der Waals surface area contributed by atoms with Crippen LogP contribution in [-0.2, 0) is 0 Å². The molecule has 0 bridgehead atoms. The van der Waals surface area contributed by atoms with Crippen molar-refractivity contribution >= 4 is 65.0 Å². The molecule has 0 spiro atoms. The molecule has 0 saturated carbocycles. The van der Waals surface area contributed by atoms with E-state index in [1.165, 1.54) is 0 Å². The summed E-state index contributed by atoms with van der Waals surface area (Å²) in [7, 11) is 0. The predicted octanol–water partition coefficient (Wildman–Crippen LogP) is 11.8. The summed E-state index contributed by atoms with van der Waals surface area (Å²) in [6.45, 7) is 0. The van der Waals surface area contributed by atoms with E-state index in [4.69, 9.17) is 4.42 Å². The van der Waals surface area contributed by atoms with Crippen LogP contribution in [0.25, 0.3) is 87.3 Å². The molecule has 1 aromatic heterocycles. The Morgan fingerprint density at radius 3 is 1.35 bits per heavy atom. The number of benzene rings is 8. The van der Waals surface area contributed by atoms with E-state index in [0.717, 1.165) is 65.7 Å². The molecule has 0 N–H and O–H groups in total. The fourth-order valence-electron chi connectivity index (χ4n) is 6.94. The summed E-state index contributed by atoms with van der Waals surface area (Å²) in [6, 6.07) is 42.9. The molecule has 0 saturated heterocycles. The standard InChI is InChI=1S/C40H22F2O/c41-39-28-14-5-1-10-24(28)36(25-11-2-6-15-29(25)39)23-20-21-34-33(22-23)38-32(18-9-19-35(38)43-34)37-26-12-3-7-16-30(26)40(42)31-17-8-4-13-27(31)37/h1-22H. The maximum absolute atomic E-state index is 15.7. The van der Waals surface area contributed by atoms with Gasteiger partial charge in [0.15, 0.2) is 0 Å². The van der Waals surface area contributed by atoms with Crippen molar-refractivity contribution in [2.45, 2.75) is 0 Å². The van der Waals surface area contributed by atoms with Gasteiger partial charge in [0.05, 0.1) is 0 Å². The van der Waals surface area contributed by atoms with E-state index in [0.29, 0.717) is 21.5 Å². The van der Waals surface area contributed by atoms with Crippen molar-refractivity contribution in [2.24, 2.45) is 0 Å². The van der Waals surface area contributed by atoms with E-state index in [9.17, 15) is 0 Å². The minimum absolute atomic E-state index is 0.206. The Labute approximate surface area is 245 Å². The highest BCUT2D eigenvalue weighted by Gasteiger charge is 2.21. The summed E-state index contributed by atoms with van der Waals surface area (Å²) >= 11 is 0. The molecule has 0 aliphatic carbocycles. The molecule has 0 atom stereocenters. The normalized spacial score (nSPS) is 12.0. The molecule has 43 heavy (non-hydrogen) atoms. The fourth-order valence-corrected chi connectivity index (χ4v) is 6.94. The molecule has 9 rings (SSSR count). The van der Waals surface area contributed by atoms with Crippen LogP contribution in [0.4, 0.5) is 8.78 Å². The quantitative estimate of drug-likeness (QED) is 0.193. The molecule has 8 aromatic carbocycles. The van der Waals surface area contributed by atoms with Crippen LogP contribution >= 0.6 is 0 Å². The van der Waals surface area contributed by atoms with Crippen LogP contribution in [-0.4, -0.2) is 0 Å². The lowest BCUT2D eigenvalue weighted by Crippen LogP contribution is -1.91. The Bertz CT molecular complexity index is 2480. The number of furan rings is 1. The highest BCUT2D eigenvalue weighted by Crippen LogP contribution is 2.45. The van der Waals surface area contributed by atoms with Gasteiger partial charge in [-0.2, -0.15) is 0 Å². The Morgan fingerprint density at radius 1 is 0.372 bits per heavy atom. The summed E-state index contributed by atoms with van der Waals surface area (Å²) in [5.74, 6) is -0.418. The van der Waals surface area contributed by atoms with Gasteiger partial charge in [-0.15, -0.1) is 0 Å². The lowest BCUT2D eigenvalue weighted by atomic mass is 9.88. The number of halogens is 2. The van der Waals surface area contributed by atoms with Gasteiger partial charge in [0, 0.05) is 32.3 Å². The van der Waals surface area contributed by atoms with E-state index >= 15 is 8.78 Å². The van der Waals surface area contributed by atoms with E-state index in [1.807, 2.05) is 115 Å². The van der Waals surface area contributed by atoms with Crippen molar-refractivity contribution in [1.29, 1.82) is 0 Å². The van der Waals surface area contributed by atoms with Crippen LogP contribution in [0.1, 0.15) is 0 Å². The highest BCUT2D eigenvalue weighted by molar-refractivity contribution is 6.22. The molecule has 0 aliphatic rings. The van der Waals surface area contributed by atoms with E-state index in [2.05, 4.69) is 18.2 Å². The third-order valence-corrected chi connectivity index (χ3v) is 8.78. The number of hydrogen-bond acceptors (Lipinski definition) is 1. The van der Waals surface area contributed by atoms with Gasteiger partial charge in [0.25, 0.3) is 0 Å². The maximum Gasteiger partial charge on any atom is 0.138 e. The first-order valence-corrected chi connectivity index (χ1v) is 14.3. The molecule has 0 amide bonds. The number of rotatable bonds is 2. The van der Waals surface area contributed by atoms with Crippen molar-refractivity contribution in [2.75, 3.05) is 0 Å². The Balaban J connectivity index is 1.42. The van der Waals surface area contributed by atoms with E-state index in [-0.39, 0.29) is 11.6 Å². The Kier molecular flexibility index (Phi) is 5.03. The smallest absolute Gasteiger partial charge is 0.138 e. The first-order valence-electron chi connectivity index (χ1n) is 14.3. The van der Waals surface area contributed by atoms with Crippen LogP contribution in [0.3, 0.4) is 0 Å². The van der Waals surface area contributed by atoms with Crippen LogP contribution in [0.2, 0.25) is 0 Å². The molecular weight excluding hydrogens is 534 g/mol. The fraction of sp³-hybridized carbons (Fsp3) is 0. The molecule has 0 unspecified atom stereocenters. The Hall–Kier alpha value is -5.54. The average molecular weight is 557 g/mol. The molecule has 0 aliphatic heterocycles. The minimum Gasteiger partial charge on any atom is -0.456 e. The van der Waals surface area contributed by atoms with Crippen molar-refractivity contribution in [1.82, 2.24) is 0 Å². The topological polar surface area (TPSA) is 13.1 Å². The molecule has 0 radical (unpaired) electrons. The minimum atomic E-state index is -0.212. The monoisotopic (exact) mass is 556 g/mol. The average Bonchev–Trinajstić information content (AvgIpc) is 3.44. The summed E-state index contributed by atoms with van der Waals surface area (Å²) < 4.78 is 37.8. The zero-order chi connectivity index (χ0) is 28.7. The summed E-state index contributed by atoms with van der Waals surface area (Å²) in [5.41, 5.74) is 5.44. The van der Waals surface area contributed by atoms with Crippen LogP contribution in [0.5, 0.6) is 0 Å². The summed E-state index contributed by atoms with van der Waals surface area (Å²) in [4.78, 5) is 0.